The van der Waals surface area contributed by atoms with Crippen LogP contribution in [0.4, 0.5) is 0 Å². The van der Waals surface area contributed by atoms with Crippen LogP contribution in [0.15, 0.2) is 0 Å². The van der Waals surface area contributed by atoms with Gasteiger partial charge in [0.15, 0.2) is 0 Å². The minimum absolute atomic E-state index is 0.0463. The van der Waals surface area contributed by atoms with Crippen LogP contribution in [0.3, 0.4) is 0 Å². The zero-order valence-electron chi connectivity index (χ0n) is 4.87. The Hall–Kier alpha value is -0.120. The van der Waals surface area contributed by atoms with Gasteiger partial charge in [-0.3, -0.25) is 0 Å². The van der Waals surface area contributed by atoms with Crippen LogP contribution in [0.25, 0.3) is 0 Å². The van der Waals surface area contributed by atoms with Crippen LogP contribution in [0.5, 0.6) is 0 Å². The second kappa shape index (κ2) is 2.44. The fourth-order valence-corrected chi connectivity index (χ4v) is 0.673. The molecule has 1 saturated heterocycles. The molecule has 0 aromatic carbocycles. The summed E-state index contributed by atoms with van der Waals surface area (Å²) < 4.78 is 5.00. The molecule has 8 heavy (non-hydrogen) atoms. The first-order chi connectivity index (χ1) is 3.80. The number of rotatable bonds is 1. The molecule has 1 aliphatic heterocycles. The number of hydrogen-bond donors (Lipinski definition) is 1. The van der Waals surface area contributed by atoms with E-state index in [4.69, 9.17) is 9.84 Å². The summed E-state index contributed by atoms with van der Waals surface area (Å²) in [5.74, 6) is 0. The van der Waals surface area contributed by atoms with Gasteiger partial charge in [-0.25, -0.2) is 5.32 Å². The van der Waals surface area contributed by atoms with Gasteiger partial charge >= 0.3 is 0 Å². The monoisotopic (exact) mass is 116 g/mol. The Morgan fingerprint density at radius 3 is 2.88 bits per heavy atom. The van der Waals surface area contributed by atoms with Crippen molar-refractivity contribution < 1.29 is 9.84 Å². The van der Waals surface area contributed by atoms with Crippen molar-refractivity contribution in [3.63, 3.8) is 0 Å². The van der Waals surface area contributed by atoms with E-state index in [0.29, 0.717) is 13.3 Å². The Kier molecular flexibility index (Phi) is 1.83. The molecule has 0 saturated carbocycles. The van der Waals surface area contributed by atoms with Crippen LogP contribution in [-0.2, 0) is 4.74 Å². The maximum absolute atomic E-state index is 8.87. The van der Waals surface area contributed by atoms with Gasteiger partial charge in [-0.1, -0.05) is 0 Å². The largest absolute Gasteiger partial charge is 0.391 e. The Morgan fingerprint density at radius 2 is 2.62 bits per heavy atom. The third kappa shape index (κ3) is 1.18. The third-order valence-electron chi connectivity index (χ3n) is 1.23. The topological polar surface area (TPSA) is 43.6 Å². The molecule has 0 aromatic rings. The molecule has 0 amide bonds. The summed E-state index contributed by atoms with van der Waals surface area (Å²) in [4.78, 5) is 0. The number of nitrogens with zero attached hydrogens (tertiary/aromatic N) is 1. The molecular weight excluding hydrogens is 106 g/mol. The predicted molar refractivity (Wildman–Crippen MR) is 28.4 cm³/mol. The molecule has 0 bridgehead atoms. The van der Waals surface area contributed by atoms with Crippen molar-refractivity contribution in [2.45, 2.75) is 19.1 Å². The SMILES string of the molecule is CC(O)C1C[N]CO1. The van der Waals surface area contributed by atoms with E-state index in [0.717, 1.165) is 0 Å². The van der Waals surface area contributed by atoms with Crippen LogP contribution in [-0.4, -0.2) is 30.6 Å². The first-order valence-corrected chi connectivity index (χ1v) is 2.73. The lowest BCUT2D eigenvalue weighted by molar-refractivity contribution is 0.0131. The summed E-state index contributed by atoms with van der Waals surface area (Å²) in [5.41, 5.74) is 0. The van der Waals surface area contributed by atoms with Crippen LogP contribution in [0, 0.1) is 0 Å². The molecule has 1 N–H and O–H groups in total. The summed E-state index contributed by atoms with van der Waals surface area (Å²) in [6, 6.07) is 0. The fourth-order valence-electron chi connectivity index (χ4n) is 0.673. The molecule has 3 heteroatoms. The van der Waals surface area contributed by atoms with Gasteiger partial charge in [0.25, 0.3) is 0 Å². The summed E-state index contributed by atoms with van der Waals surface area (Å²) >= 11 is 0. The fraction of sp³-hybridized carbons (Fsp3) is 1.00. The number of aliphatic hydroxyl groups is 1. The lowest BCUT2D eigenvalue weighted by Gasteiger charge is -2.09. The Balaban J connectivity index is 2.24. The Bertz CT molecular complexity index is 68.8. The van der Waals surface area contributed by atoms with Gasteiger partial charge in [-0.2, -0.15) is 0 Å². The van der Waals surface area contributed by atoms with Crippen molar-refractivity contribution in [3.05, 3.63) is 0 Å². The van der Waals surface area contributed by atoms with Crippen LogP contribution < -0.4 is 5.32 Å². The molecule has 0 aromatic heterocycles. The molecule has 1 heterocycles. The van der Waals surface area contributed by atoms with E-state index < -0.39 is 0 Å². The summed E-state index contributed by atoms with van der Waals surface area (Å²) in [5, 5.41) is 12.8. The highest BCUT2D eigenvalue weighted by Gasteiger charge is 2.20. The van der Waals surface area contributed by atoms with Gasteiger partial charge in [0.05, 0.1) is 12.2 Å². The predicted octanol–water partition coefficient (Wildman–Crippen LogP) is -0.672. The van der Waals surface area contributed by atoms with Crippen LogP contribution in [0.1, 0.15) is 6.92 Å². The minimum atomic E-state index is -0.374. The van der Waals surface area contributed by atoms with Crippen molar-refractivity contribution in [1.29, 1.82) is 0 Å². The van der Waals surface area contributed by atoms with Gasteiger partial charge in [0, 0.05) is 6.54 Å². The zero-order valence-corrected chi connectivity index (χ0v) is 4.87. The second-order valence-electron chi connectivity index (χ2n) is 1.98. The Labute approximate surface area is 48.7 Å². The quantitative estimate of drug-likeness (QED) is 0.493. The lowest BCUT2D eigenvalue weighted by Crippen LogP contribution is -2.25. The van der Waals surface area contributed by atoms with Crippen molar-refractivity contribution in [1.82, 2.24) is 5.32 Å². The molecule has 1 rings (SSSR count). The normalized spacial score (nSPS) is 33.0. The number of ether oxygens (including phenoxy) is 1. The van der Waals surface area contributed by atoms with Gasteiger partial charge in [0.1, 0.15) is 6.73 Å². The molecule has 2 unspecified atom stereocenters. The summed E-state index contributed by atoms with van der Waals surface area (Å²) in [6.07, 6.45) is -0.420. The Morgan fingerprint density at radius 1 is 1.88 bits per heavy atom. The third-order valence-corrected chi connectivity index (χ3v) is 1.23. The van der Waals surface area contributed by atoms with Gasteiger partial charge in [-0.15, -0.1) is 0 Å². The van der Waals surface area contributed by atoms with Gasteiger partial charge < -0.3 is 9.84 Å². The maximum atomic E-state index is 8.87. The van der Waals surface area contributed by atoms with Crippen molar-refractivity contribution in [2.24, 2.45) is 0 Å². The summed E-state index contributed by atoms with van der Waals surface area (Å²) in [6.45, 7) is 2.82. The maximum Gasteiger partial charge on any atom is 0.113 e. The average Bonchev–Trinajstić information content (AvgIpc) is 2.12. The lowest BCUT2D eigenvalue weighted by atomic mass is 10.2. The molecule has 0 spiro atoms. The highest BCUT2D eigenvalue weighted by atomic mass is 16.5. The van der Waals surface area contributed by atoms with Crippen molar-refractivity contribution >= 4 is 0 Å². The van der Waals surface area contributed by atoms with E-state index in [9.17, 15) is 0 Å². The van der Waals surface area contributed by atoms with E-state index in [1.807, 2.05) is 0 Å². The average molecular weight is 116 g/mol. The molecule has 1 aliphatic rings. The highest BCUT2D eigenvalue weighted by molar-refractivity contribution is 4.70. The van der Waals surface area contributed by atoms with Crippen LogP contribution >= 0.6 is 0 Å². The smallest absolute Gasteiger partial charge is 0.113 e. The van der Waals surface area contributed by atoms with Gasteiger partial charge in [-0.05, 0) is 6.92 Å². The van der Waals surface area contributed by atoms with E-state index in [1.165, 1.54) is 0 Å². The minimum Gasteiger partial charge on any atom is -0.391 e. The van der Waals surface area contributed by atoms with Gasteiger partial charge in [0.2, 0.25) is 0 Å². The molecule has 1 radical (unpaired) electrons. The first-order valence-electron chi connectivity index (χ1n) is 2.73. The van der Waals surface area contributed by atoms with E-state index in [1.54, 1.807) is 6.92 Å². The number of hydrogen-bond acceptors (Lipinski definition) is 2. The molecule has 2 atom stereocenters. The van der Waals surface area contributed by atoms with Crippen LogP contribution in [0.2, 0.25) is 0 Å². The molecule has 0 aliphatic carbocycles. The molecular formula is C5H10NO2. The van der Waals surface area contributed by atoms with E-state index >= 15 is 0 Å². The highest BCUT2D eigenvalue weighted by Crippen LogP contribution is 2.02. The molecule has 47 valence electrons. The first kappa shape index (κ1) is 6.01. The number of aliphatic hydroxyl groups excluding tert-OH is 1. The van der Waals surface area contributed by atoms with Crippen molar-refractivity contribution in [3.8, 4) is 0 Å². The summed E-state index contributed by atoms with van der Waals surface area (Å²) in [7, 11) is 0. The van der Waals surface area contributed by atoms with E-state index in [2.05, 4.69) is 5.32 Å². The van der Waals surface area contributed by atoms with Crippen molar-refractivity contribution in [2.75, 3.05) is 13.3 Å². The second-order valence-corrected chi connectivity index (χ2v) is 1.98. The molecule has 3 nitrogen and oxygen atoms in total. The zero-order chi connectivity index (χ0) is 5.98. The van der Waals surface area contributed by atoms with E-state index in [-0.39, 0.29) is 12.2 Å². The standard InChI is InChI=1S/C5H10NO2/c1-4(7)5-2-6-3-8-5/h4-5,7H,2-3H2,1H3. The molecule has 1 fully saturated rings.